The largest absolute Gasteiger partial charge is 0.497 e. The molecule has 1 amide bonds. The third-order valence-corrected chi connectivity index (χ3v) is 5.99. The van der Waals surface area contributed by atoms with Crippen LogP contribution in [0.3, 0.4) is 0 Å². The summed E-state index contributed by atoms with van der Waals surface area (Å²) < 4.78 is 30.1. The number of benzene rings is 1. The number of amides is 1. The molecule has 23 heavy (non-hydrogen) atoms. The Kier molecular flexibility index (Phi) is 4.04. The van der Waals surface area contributed by atoms with Crippen LogP contribution in [0.2, 0.25) is 0 Å². The van der Waals surface area contributed by atoms with Crippen LogP contribution in [0.5, 0.6) is 5.75 Å². The molecule has 0 unspecified atom stereocenters. The highest BCUT2D eigenvalue weighted by Crippen LogP contribution is 2.26. The maximum absolute atomic E-state index is 12.5. The average Bonchev–Trinajstić information content (AvgIpc) is 2.54. The van der Waals surface area contributed by atoms with E-state index in [1.54, 1.807) is 36.7 Å². The van der Waals surface area contributed by atoms with Crippen molar-refractivity contribution in [2.45, 2.75) is 10.1 Å². The minimum absolute atomic E-state index is 0.173. The number of carbonyl (C=O) groups is 1. The van der Waals surface area contributed by atoms with Crippen LogP contribution < -0.4 is 4.74 Å². The van der Waals surface area contributed by atoms with Crippen LogP contribution in [0.25, 0.3) is 0 Å². The van der Waals surface area contributed by atoms with E-state index in [2.05, 4.69) is 4.98 Å². The molecule has 1 aliphatic rings. The Morgan fingerprint density at radius 2 is 1.74 bits per heavy atom. The quantitative estimate of drug-likeness (QED) is 0.845. The van der Waals surface area contributed by atoms with E-state index in [0.717, 1.165) is 0 Å². The zero-order valence-corrected chi connectivity index (χ0v) is 13.4. The first-order chi connectivity index (χ1) is 11.0. The topological polar surface area (TPSA) is 76.6 Å². The number of sulfone groups is 1. The zero-order chi connectivity index (χ0) is 16.4. The maximum atomic E-state index is 12.5. The molecule has 1 fully saturated rings. The van der Waals surface area contributed by atoms with Gasteiger partial charge in [0.1, 0.15) is 11.0 Å². The fourth-order valence-electron chi connectivity index (χ4n) is 2.44. The number of carbonyl (C=O) groups excluding carboxylic acids is 1. The van der Waals surface area contributed by atoms with Gasteiger partial charge in [0, 0.05) is 31.0 Å². The number of ether oxygens (including phenoxy) is 1. The molecule has 0 atom stereocenters. The number of pyridine rings is 1. The summed E-state index contributed by atoms with van der Waals surface area (Å²) in [6, 6.07) is 9.53. The standard InChI is InChI=1S/C16H16N2O4S/c1-22-13-2-4-14(5-3-13)23(20,21)15-10-18(11-15)16(19)12-6-8-17-9-7-12/h2-9,15H,10-11H2,1H3. The molecule has 0 aliphatic carbocycles. The number of likely N-dealkylation sites (tertiary alicyclic amines) is 1. The third-order valence-electron chi connectivity index (χ3n) is 3.89. The summed E-state index contributed by atoms with van der Waals surface area (Å²) in [5.41, 5.74) is 0.514. The molecule has 1 aromatic heterocycles. The molecule has 3 rings (SSSR count). The lowest BCUT2D eigenvalue weighted by molar-refractivity contribution is 0.0658. The number of aromatic nitrogens is 1. The van der Waals surface area contributed by atoms with Crippen molar-refractivity contribution >= 4 is 15.7 Å². The first kappa shape index (κ1) is 15.5. The van der Waals surface area contributed by atoms with E-state index in [-0.39, 0.29) is 23.9 Å². The van der Waals surface area contributed by atoms with Crippen LogP contribution in [-0.4, -0.2) is 49.7 Å². The highest BCUT2D eigenvalue weighted by atomic mass is 32.2. The van der Waals surface area contributed by atoms with Crippen molar-refractivity contribution in [1.29, 1.82) is 0 Å². The molecule has 7 heteroatoms. The van der Waals surface area contributed by atoms with Crippen LogP contribution in [-0.2, 0) is 9.84 Å². The molecule has 1 aliphatic heterocycles. The summed E-state index contributed by atoms with van der Waals surface area (Å²) in [6.07, 6.45) is 3.08. The highest BCUT2D eigenvalue weighted by molar-refractivity contribution is 7.92. The number of hydrogen-bond acceptors (Lipinski definition) is 5. The van der Waals surface area contributed by atoms with Gasteiger partial charge in [-0.1, -0.05) is 0 Å². The van der Waals surface area contributed by atoms with Gasteiger partial charge in [0.25, 0.3) is 5.91 Å². The van der Waals surface area contributed by atoms with Gasteiger partial charge in [-0.15, -0.1) is 0 Å². The van der Waals surface area contributed by atoms with Crippen molar-refractivity contribution in [1.82, 2.24) is 9.88 Å². The predicted octanol–water partition coefficient (Wildman–Crippen LogP) is 1.39. The van der Waals surface area contributed by atoms with Gasteiger partial charge in [0.2, 0.25) is 0 Å². The van der Waals surface area contributed by atoms with Gasteiger partial charge in [-0.05, 0) is 36.4 Å². The summed E-state index contributed by atoms with van der Waals surface area (Å²) in [5, 5.41) is -0.568. The molecular formula is C16H16N2O4S. The molecule has 0 spiro atoms. The number of rotatable bonds is 4. The van der Waals surface area contributed by atoms with E-state index in [4.69, 9.17) is 4.74 Å². The van der Waals surface area contributed by atoms with Crippen molar-refractivity contribution in [3.8, 4) is 5.75 Å². The summed E-state index contributed by atoms with van der Waals surface area (Å²) >= 11 is 0. The monoisotopic (exact) mass is 332 g/mol. The fraction of sp³-hybridized carbons (Fsp3) is 0.250. The van der Waals surface area contributed by atoms with Crippen molar-refractivity contribution in [2.24, 2.45) is 0 Å². The predicted molar refractivity (Wildman–Crippen MR) is 84.1 cm³/mol. The minimum atomic E-state index is -3.44. The second kappa shape index (κ2) is 6.00. The van der Waals surface area contributed by atoms with E-state index < -0.39 is 15.1 Å². The molecule has 2 heterocycles. The van der Waals surface area contributed by atoms with Crippen LogP contribution in [0.1, 0.15) is 10.4 Å². The molecule has 6 nitrogen and oxygen atoms in total. The van der Waals surface area contributed by atoms with E-state index in [9.17, 15) is 13.2 Å². The molecule has 0 N–H and O–H groups in total. The van der Waals surface area contributed by atoms with Crippen LogP contribution in [0.4, 0.5) is 0 Å². The SMILES string of the molecule is COc1ccc(S(=O)(=O)C2CN(C(=O)c3ccncc3)C2)cc1. The van der Waals surface area contributed by atoms with Gasteiger partial charge < -0.3 is 9.64 Å². The first-order valence-corrected chi connectivity index (χ1v) is 8.64. The lowest BCUT2D eigenvalue weighted by atomic mass is 10.1. The van der Waals surface area contributed by atoms with Gasteiger partial charge >= 0.3 is 0 Å². The van der Waals surface area contributed by atoms with Gasteiger partial charge in [-0.2, -0.15) is 0 Å². The van der Waals surface area contributed by atoms with Crippen molar-refractivity contribution < 1.29 is 17.9 Å². The van der Waals surface area contributed by atoms with Crippen LogP contribution >= 0.6 is 0 Å². The zero-order valence-electron chi connectivity index (χ0n) is 12.5. The second-order valence-corrected chi connectivity index (χ2v) is 7.52. The number of hydrogen-bond donors (Lipinski definition) is 0. The Labute approximate surface area is 134 Å². The maximum Gasteiger partial charge on any atom is 0.254 e. The number of methoxy groups -OCH3 is 1. The molecule has 0 saturated carbocycles. The smallest absolute Gasteiger partial charge is 0.254 e. The summed E-state index contributed by atoms with van der Waals surface area (Å²) in [7, 11) is -1.91. The normalized spacial score (nSPS) is 15.1. The molecule has 120 valence electrons. The van der Waals surface area contributed by atoms with Gasteiger partial charge in [-0.25, -0.2) is 8.42 Å². The fourth-order valence-corrected chi connectivity index (χ4v) is 4.09. The Morgan fingerprint density at radius 3 is 2.30 bits per heavy atom. The van der Waals surface area contributed by atoms with Gasteiger partial charge in [0.15, 0.2) is 9.84 Å². The Hall–Kier alpha value is -2.41. The molecule has 2 aromatic rings. The molecule has 1 aromatic carbocycles. The molecule has 0 radical (unpaired) electrons. The van der Waals surface area contributed by atoms with E-state index >= 15 is 0 Å². The Morgan fingerprint density at radius 1 is 1.13 bits per heavy atom. The van der Waals surface area contributed by atoms with Crippen LogP contribution in [0, 0.1) is 0 Å². The molecule has 1 saturated heterocycles. The lowest BCUT2D eigenvalue weighted by Crippen LogP contribution is -2.56. The lowest BCUT2D eigenvalue weighted by Gasteiger charge is -2.38. The third kappa shape index (κ3) is 2.92. The summed E-state index contributed by atoms with van der Waals surface area (Å²) in [4.78, 5) is 17.8. The Balaban J connectivity index is 1.69. The van der Waals surface area contributed by atoms with E-state index in [0.29, 0.717) is 11.3 Å². The molecule has 0 bridgehead atoms. The van der Waals surface area contributed by atoms with Gasteiger partial charge in [0.05, 0.1) is 12.0 Å². The average molecular weight is 332 g/mol. The van der Waals surface area contributed by atoms with Crippen molar-refractivity contribution in [3.05, 3.63) is 54.4 Å². The number of nitrogens with zero attached hydrogens (tertiary/aromatic N) is 2. The van der Waals surface area contributed by atoms with Crippen molar-refractivity contribution in [2.75, 3.05) is 20.2 Å². The van der Waals surface area contributed by atoms with Gasteiger partial charge in [-0.3, -0.25) is 9.78 Å². The van der Waals surface area contributed by atoms with E-state index in [1.165, 1.54) is 24.1 Å². The first-order valence-electron chi connectivity index (χ1n) is 7.09. The summed E-state index contributed by atoms with van der Waals surface area (Å²) in [5.74, 6) is 0.431. The van der Waals surface area contributed by atoms with Crippen molar-refractivity contribution in [3.63, 3.8) is 0 Å². The van der Waals surface area contributed by atoms with Crippen LogP contribution in [0.15, 0.2) is 53.7 Å². The second-order valence-electron chi connectivity index (χ2n) is 5.29. The van der Waals surface area contributed by atoms with E-state index in [1.807, 2.05) is 0 Å². The highest BCUT2D eigenvalue weighted by Gasteiger charge is 2.40. The Bertz CT molecular complexity index is 798. The summed E-state index contributed by atoms with van der Waals surface area (Å²) in [6.45, 7) is 0.408. The minimum Gasteiger partial charge on any atom is -0.497 e. The molecular weight excluding hydrogens is 316 g/mol.